The maximum absolute atomic E-state index is 11.8. The second-order valence-electron chi connectivity index (χ2n) is 4.27. The SMILES string of the molecule is CCNCC(C)C(=O)Nc1ccc(S(N)(=O)=O)cc1. The molecule has 106 valence electrons. The first kappa shape index (κ1) is 15.6. The van der Waals surface area contributed by atoms with Gasteiger partial charge in [-0.2, -0.15) is 0 Å². The average Bonchev–Trinajstić information content (AvgIpc) is 2.35. The standard InChI is InChI=1S/C12H19N3O3S/c1-3-14-8-9(2)12(16)15-10-4-6-11(7-5-10)19(13,17)18/h4-7,9,14H,3,8H2,1-2H3,(H,15,16)(H2,13,17,18). The van der Waals surface area contributed by atoms with E-state index in [1.165, 1.54) is 24.3 Å². The van der Waals surface area contributed by atoms with Crippen LogP contribution in [0.2, 0.25) is 0 Å². The van der Waals surface area contributed by atoms with E-state index in [2.05, 4.69) is 10.6 Å². The number of primary sulfonamides is 1. The summed E-state index contributed by atoms with van der Waals surface area (Å²) in [5, 5.41) is 10.8. The Bertz CT molecular complexity index is 526. The summed E-state index contributed by atoms with van der Waals surface area (Å²) in [4.78, 5) is 11.8. The molecule has 1 aromatic rings. The van der Waals surface area contributed by atoms with E-state index >= 15 is 0 Å². The van der Waals surface area contributed by atoms with Gasteiger partial charge in [0.1, 0.15) is 0 Å². The number of nitrogens with one attached hydrogen (secondary N) is 2. The van der Waals surface area contributed by atoms with E-state index in [4.69, 9.17) is 5.14 Å². The van der Waals surface area contributed by atoms with Crippen molar-refractivity contribution >= 4 is 21.6 Å². The number of benzene rings is 1. The van der Waals surface area contributed by atoms with Gasteiger partial charge in [-0.15, -0.1) is 0 Å². The number of rotatable bonds is 6. The van der Waals surface area contributed by atoms with Crippen LogP contribution >= 0.6 is 0 Å². The normalized spacial score (nSPS) is 13.0. The monoisotopic (exact) mass is 285 g/mol. The molecule has 0 aliphatic heterocycles. The number of anilines is 1. The summed E-state index contributed by atoms with van der Waals surface area (Å²) in [6.07, 6.45) is 0. The van der Waals surface area contributed by atoms with Crippen molar-refractivity contribution < 1.29 is 13.2 Å². The van der Waals surface area contributed by atoms with E-state index in [9.17, 15) is 13.2 Å². The molecule has 0 saturated heterocycles. The van der Waals surface area contributed by atoms with Gasteiger partial charge in [-0.3, -0.25) is 4.79 Å². The molecular weight excluding hydrogens is 266 g/mol. The van der Waals surface area contributed by atoms with Crippen molar-refractivity contribution in [3.63, 3.8) is 0 Å². The predicted molar refractivity (Wildman–Crippen MR) is 74.2 cm³/mol. The highest BCUT2D eigenvalue weighted by Crippen LogP contribution is 2.13. The second-order valence-corrected chi connectivity index (χ2v) is 5.83. The Balaban J connectivity index is 2.65. The molecule has 0 bridgehead atoms. The van der Waals surface area contributed by atoms with Gasteiger partial charge in [-0.1, -0.05) is 13.8 Å². The first-order chi connectivity index (χ1) is 8.84. The van der Waals surface area contributed by atoms with Crippen LogP contribution in [0.1, 0.15) is 13.8 Å². The maximum Gasteiger partial charge on any atom is 0.238 e. The minimum absolute atomic E-state index is 0.0196. The zero-order valence-corrected chi connectivity index (χ0v) is 11.8. The number of hydrogen-bond acceptors (Lipinski definition) is 4. The van der Waals surface area contributed by atoms with Crippen LogP contribution in [-0.2, 0) is 14.8 Å². The number of amides is 1. The maximum atomic E-state index is 11.8. The lowest BCUT2D eigenvalue weighted by Crippen LogP contribution is -2.30. The highest BCUT2D eigenvalue weighted by molar-refractivity contribution is 7.89. The molecular formula is C12H19N3O3S. The third-order valence-electron chi connectivity index (χ3n) is 2.60. The molecule has 1 aromatic carbocycles. The van der Waals surface area contributed by atoms with E-state index in [1.807, 2.05) is 13.8 Å². The van der Waals surface area contributed by atoms with E-state index in [0.29, 0.717) is 12.2 Å². The Kier molecular flexibility index (Phi) is 5.46. The topological polar surface area (TPSA) is 101 Å². The van der Waals surface area contributed by atoms with Crippen molar-refractivity contribution in [3.05, 3.63) is 24.3 Å². The lowest BCUT2D eigenvalue weighted by molar-refractivity contribution is -0.119. The lowest BCUT2D eigenvalue weighted by atomic mass is 10.1. The lowest BCUT2D eigenvalue weighted by Gasteiger charge is -2.12. The van der Waals surface area contributed by atoms with Crippen molar-refractivity contribution in [3.8, 4) is 0 Å². The van der Waals surface area contributed by atoms with E-state index < -0.39 is 10.0 Å². The van der Waals surface area contributed by atoms with Crippen LogP contribution in [0, 0.1) is 5.92 Å². The second kappa shape index (κ2) is 6.65. The van der Waals surface area contributed by atoms with Gasteiger partial charge in [0.05, 0.1) is 4.90 Å². The average molecular weight is 285 g/mol. The first-order valence-electron chi connectivity index (χ1n) is 5.99. The van der Waals surface area contributed by atoms with Crippen molar-refractivity contribution in [1.82, 2.24) is 5.32 Å². The molecule has 1 amide bonds. The molecule has 1 unspecified atom stereocenters. The van der Waals surface area contributed by atoms with Gasteiger partial charge >= 0.3 is 0 Å². The van der Waals surface area contributed by atoms with Gasteiger partial charge in [0, 0.05) is 18.2 Å². The summed E-state index contributed by atoms with van der Waals surface area (Å²) in [5.74, 6) is -0.290. The fourth-order valence-corrected chi connectivity index (χ4v) is 1.96. The molecule has 0 aliphatic carbocycles. The van der Waals surface area contributed by atoms with Gasteiger partial charge < -0.3 is 10.6 Å². The molecule has 7 heteroatoms. The number of sulfonamides is 1. The smallest absolute Gasteiger partial charge is 0.238 e. The third kappa shape index (κ3) is 4.98. The Morgan fingerprint density at radius 1 is 1.32 bits per heavy atom. The molecule has 0 fully saturated rings. The molecule has 0 aromatic heterocycles. The van der Waals surface area contributed by atoms with Crippen molar-refractivity contribution in [1.29, 1.82) is 0 Å². The highest BCUT2D eigenvalue weighted by atomic mass is 32.2. The van der Waals surface area contributed by atoms with E-state index in [-0.39, 0.29) is 16.7 Å². The summed E-state index contributed by atoms with van der Waals surface area (Å²) in [6.45, 7) is 5.19. The summed E-state index contributed by atoms with van der Waals surface area (Å²) >= 11 is 0. The third-order valence-corrected chi connectivity index (χ3v) is 3.53. The number of nitrogens with two attached hydrogens (primary N) is 1. The van der Waals surface area contributed by atoms with Crippen LogP contribution in [-0.4, -0.2) is 27.4 Å². The number of hydrogen-bond donors (Lipinski definition) is 3. The summed E-state index contributed by atoms with van der Waals surface area (Å²) in [7, 11) is -3.70. The van der Waals surface area contributed by atoms with Crippen LogP contribution in [0.3, 0.4) is 0 Å². The van der Waals surface area contributed by atoms with Gasteiger partial charge in [0.15, 0.2) is 0 Å². The highest BCUT2D eigenvalue weighted by Gasteiger charge is 2.13. The summed E-state index contributed by atoms with van der Waals surface area (Å²) in [6, 6.07) is 5.75. The molecule has 0 heterocycles. The minimum atomic E-state index is -3.70. The summed E-state index contributed by atoms with van der Waals surface area (Å²) in [5.41, 5.74) is 0.542. The predicted octanol–water partition coefficient (Wildman–Crippen LogP) is 0.518. The van der Waals surface area contributed by atoms with Crippen LogP contribution < -0.4 is 15.8 Å². The van der Waals surface area contributed by atoms with E-state index in [1.54, 1.807) is 0 Å². The first-order valence-corrected chi connectivity index (χ1v) is 7.53. The number of carbonyl (C=O) groups excluding carboxylic acids is 1. The van der Waals surface area contributed by atoms with Crippen molar-refractivity contribution in [2.24, 2.45) is 11.1 Å². The fourth-order valence-electron chi connectivity index (χ4n) is 1.45. The van der Waals surface area contributed by atoms with Crippen LogP contribution in [0.25, 0.3) is 0 Å². The van der Waals surface area contributed by atoms with Crippen LogP contribution in [0.15, 0.2) is 29.2 Å². The van der Waals surface area contributed by atoms with Crippen LogP contribution in [0.5, 0.6) is 0 Å². The molecule has 1 rings (SSSR count). The Hall–Kier alpha value is -1.44. The van der Waals surface area contributed by atoms with Gasteiger partial charge in [0.25, 0.3) is 0 Å². The quantitative estimate of drug-likeness (QED) is 0.709. The van der Waals surface area contributed by atoms with Crippen LogP contribution in [0.4, 0.5) is 5.69 Å². The molecule has 0 aliphatic rings. The Morgan fingerprint density at radius 3 is 2.37 bits per heavy atom. The summed E-state index contributed by atoms with van der Waals surface area (Å²) < 4.78 is 22.2. The Labute approximate surface area is 113 Å². The minimum Gasteiger partial charge on any atom is -0.326 e. The molecule has 0 radical (unpaired) electrons. The van der Waals surface area contributed by atoms with Gasteiger partial charge in [-0.05, 0) is 30.8 Å². The van der Waals surface area contributed by atoms with Crippen molar-refractivity contribution in [2.45, 2.75) is 18.7 Å². The van der Waals surface area contributed by atoms with Gasteiger partial charge in [-0.25, -0.2) is 13.6 Å². The molecule has 19 heavy (non-hydrogen) atoms. The molecule has 0 saturated carbocycles. The van der Waals surface area contributed by atoms with Crippen molar-refractivity contribution in [2.75, 3.05) is 18.4 Å². The Morgan fingerprint density at radius 2 is 1.89 bits per heavy atom. The number of carbonyl (C=O) groups is 1. The molecule has 1 atom stereocenters. The van der Waals surface area contributed by atoms with Gasteiger partial charge in [0.2, 0.25) is 15.9 Å². The molecule has 0 spiro atoms. The molecule has 4 N–H and O–H groups in total. The fraction of sp³-hybridized carbons (Fsp3) is 0.417. The molecule has 6 nitrogen and oxygen atoms in total. The zero-order valence-electron chi connectivity index (χ0n) is 11.0. The van der Waals surface area contributed by atoms with E-state index in [0.717, 1.165) is 6.54 Å². The zero-order chi connectivity index (χ0) is 14.5. The largest absolute Gasteiger partial charge is 0.326 e.